The molecule has 4 heteroatoms. The number of ether oxygens (including phenoxy) is 2. The molecule has 0 bridgehead atoms. The highest BCUT2D eigenvalue weighted by atomic mass is 127. The van der Waals surface area contributed by atoms with Crippen molar-refractivity contribution in [3.8, 4) is 11.5 Å². The number of fused-ring (bicyclic) bond motifs is 3. The number of hydrogen-bond acceptors (Lipinski definition) is 2. The van der Waals surface area contributed by atoms with E-state index in [0.717, 1.165) is 17.9 Å². The van der Waals surface area contributed by atoms with Crippen molar-refractivity contribution in [1.29, 1.82) is 0 Å². The lowest BCUT2D eigenvalue weighted by Gasteiger charge is -2.41. The molecule has 19 heavy (non-hydrogen) atoms. The van der Waals surface area contributed by atoms with Crippen molar-refractivity contribution in [2.45, 2.75) is 25.3 Å². The van der Waals surface area contributed by atoms with E-state index in [9.17, 15) is 0 Å². The average molecular weight is 375 g/mol. The van der Waals surface area contributed by atoms with Crippen molar-refractivity contribution < 1.29 is 37.9 Å². The van der Waals surface area contributed by atoms with Gasteiger partial charge in [-0.1, -0.05) is 0 Å². The first-order valence-electron chi connectivity index (χ1n) is 6.77. The minimum Gasteiger partial charge on any atom is -1.00 e. The number of rotatable bonds is 2. The van der Waals surface area contributed by atoms with Crippen molar-refractivity contribution >= 4 is 0 Å². The molecule has 2 atom stereocenters. The molecule has 0 amide bonds. The van der Waals surface area contributed by atoms with E-state index in [1.54, 1.807) is 14.2 Å². The van der Waals surface area contributed by atoms with E-state index in [0.29, 0.717) is 6.04 Å². The highest BCUT2D eigenvalue weighted by Gasteiger charge is 2.43. The average Bonchev–Trinajstić information content (AvgIpc) is 2.79. The number of hydrogen-bond donors (Lipinski definition) is 0. The monoisotopic (exact) mass is 375 g/mol. The van der Waals surface area contributed by atoms with Crippen molar-refractivity contribution in [3.05, 3.63) is 23.3 Å². The van der Waals surface area contributed by atoms with Crippen LogP contribution in [0, 0.1) is 0 Å². The molecule has 2 heterocycles. The van der Waals surface area contributed by atoms with Crippen LogP contribution in [0.15, 0.2) is 12.1 Å². The molecular weight excluding hydrogens is 353 g/mol. The smallest absolute Gasteiger partial charge is 0.161 e. The maximum absolute atomic E-state index is 5.45. The molecule has 1 aromatic rings. The van der Waals surface area contributed by atoms with Gasteiger partial charge in [-0.3, -0.25) is 0 Å². The van der Waals surface area contributed by atoms with Gasteiger partial charge in [-0.05, 0) is 17.7 Å². The fourth-order valence-corrected chi connectivity index (χ4v) is 3.71. The zero-order valence-corrected chi connectivity index (χ0v) is 14.1. The predicted octanol–water partition coefficient (Wildman–Crippen LogP) is -0.455. The van der Waals surface area contributed by atoms with Crippen molar-refractivity contribution in [3.63, 3.8) is 0 Å². The Kier molecular flexibility index (Phi) is 4.30. The summed E-state index contributed by atoms with van der Waals surface area (Å²) in [6, 6.07) is 5.05. The molecule has 2 aliphatic rings. The summed E-state index contributed by atoms with van der Waals surface area (Å²) in [7, 11) is 5.83. The van der Waals surface area contributed by atoms with Gasteiger partial charge in [-0.25, -0.2) is 0 Å². The van der Waals surface area contributed by atoms with Crippen LogP contribution >= 0.6 is 0 Å². The fourth-order valence-electron chi connectivity index (χ4n) is 3.71. The maximum Gasteiger partial charge on any atom is 0.161 e. The van der Waals surface area contributed by atoms with E-state index >= 15 is 0 Å². The molecular formula is C15H22INO2. The lowest BCUT2D eigenvalue weighted by Crippen LogP contribution is -3.00. The van der Waals surface area contributed by atoms with E-state index in [1.807, 2.05) is 0 Å². The van der Waals surface area contributed by atoms with Crippen LogP contribution in [0.3, 0.4) is 0 Å². The molecule has 1 aromatic carbocycles. The number of quaternary nitrogens is 1. The topological polar surface area (TPSA) is 18.5 Å². The van der Waals surface area contributed by atoms with E-state index in [2.05, 4.69) is 19.2 Å². The third kappa shape index (κ3) is 2.33. The second-order valence-electron chi connectivity index (χ2n) is 5.74. The minimum absolute atomic E-state index is 0. The van der Waals surface area contributed by atoms with Crippen LogP contribution < -0.4 is 33.5 Å². The molecule has 1 saturated heterocycles. The van der Waals surface area contributed by atoms with E-state index in [-0.39, 0.29) is 24.0 Å². The van der Waals surface area contributed by atoms with Crippen molar-refractivity contribution in [1.82, 2.24) is 0 Å². The van der Waals surface area contributed by atoms with Crippen molar-refractivity contribution in [2.24, 2.45) is 0 Å². The molecule has 3 rings (SSSR count). The van der Waals surface area contributed by atoms with Gasteiger partial charge in [-0.2, -0.15) is 0 Å². The predicted molar refractivity (Wildman–Crippen MR) is 71.1 cm³/mol. The van der Waals surface area contributed by atoms with Gasteiger partial charge in [0, 0.05) is 24.8 Å². The van der Waals surface area contributed by atoms with Crippen LogP contribution in [0.25, 0.3) is 0 Å². The summed E-state index contributed by atoms with van der Waals surface area (Å²) >= 11 is 0. The second-order valence-corrected chi connectivity index (χ2v) is 5.74. The van der Waals surface area contributed by atoms with Crippen LogP contribution in [-0.4, -0.2) is 38.8 Å². The molecule has 0 radical (unpaired) electrons. The summed E-state index contributed by atoms with van der Waals surface area (Å²) in [6.07, 6.45) is 3.80. The molecule has 106 valence electrons. The van der Waals surface area contributed by atoms with Gasteiger partial charge in [0.05, 0.1) is 34.4 Å². The third-order valence-electron chi connectivity index (χ3n) is 4.80. The lowest BCUT2D eigenvalue weighted by atomic mass is 9.90. The molecule has 1 unspecified atom stereocenters. The first-order valence-corrected chi connectivity index (χ1v) is 6.77. The van der Waals surface area contributed by atoms with E-state index in [1.165, 1.54) is 41.5 Å². The second kappa shape index (κ2) is 5.48. The molecule has 2 aliphatic heterocycles. The summed E-state index contributed by atoms with van der Waals surface area (Å²) in [5.74, 6) is 1.74. The standard InChI is InChI=1S/C15H22NO2.HI/c1-16-7-4-5-13(16)12-10-15(18-3)14(17-2)9-11(12)6-8-16;/h9-10,13H,4-8H2,1-3H3;1H/q+1;/p-1/t13-,16?;/m0./s1. The third-order valence-corrected chi connectivity index (χ3v) is 4.80. The van der Waals surface area contributed by atoms with Crippen LogP contribution in [-0.2, 0) is 6.42 Å². The summed E-state index contributed by atoms with van der Waals surface area (Å²) in [4.78, 5) is 0. The van der Waals surface area contributed by atoms with Gasteiger partial charge in [0.25, 0.3) is 0 Å². The molecule has 0 aliphatic carbocycles. The minimum atomic E-state index is 0. The summed E-state index contributed by atoms with van der Waals surface area (Å²) in [5.41, 5.74) is 2.94. The Hall–Kier alpha value is -0.490. The SMILES string of the molecule is COc1cc2c(cc1OC)[C@@H]1CCC[N+]1(C)CC2.[I-]. The Morgan fingerprint density at radius 1 is 1.11 bits per heavy atom. The maximum atomic E-state index is 5.45. The molecule has 0 saturated carbocycles. The first-order chi connectivity index (χ1) is 8.68. The molecule has 0 aromatic heterocycles. The highest BCUT2D eigenvalue weighted by molar-refractivity contribution is 5.49. The van der Waals surface area contributed by atoms with Gasteiger partial charge < -0.3 is 37.9 Å². The van der Waals surface area contributed by atoms with Crippen LogP contribution in [0.1, 0.15) is 30.0 Å². The lowest BCUT2D eigenvalue weighted by molar-refractivity contribution is -0.928. The zero-order valence-electron chi connectivity index (χ0n) is 11.9. The number of nitrogens with zero attached hydrogens (tertiary/aromatic N) is 1. The summed E-state index contributed by atoms with van der Waals surface area (Å²) < 4.78 is 12.1. The van der Waals surface area contributed by atoms with Crippen molar-refractivity contribution in [2.75, 3.05) is 34.4 Å². The number of likely N-dealkylation sites (N-methyl/N-ethyl adjacent to an activating group) is 1. The largest absolute Gasteiger partial charge is 1.00 e. The first kappa shape index (κ1) is 14.9. The van der Waals surface area contributed by atoms with Crippen LogP contribution in [0.5, 0.6) is 11.5 Å². The Labute approximate surface area is 132 Å². The van der Waals surface area contributed by atoms with Gasteiger partial charge in [0.2, 0.25) is 0 Å². The van der Waals surface area contributed by atoms with Gasteiger partial charge in [0.1, 0.15) is 6.04 Å². The highest BCUT2D eigenvalue weighted by Crippen LogP contribution is 2.45. The number of halogens is 1. The van der Waals surface area contributed by atoms with Gasteiger partial charge in [0.15, 0.2) is 11.5 Å². The number of methoxy groups -OCH3 is 2. The van der Waals surface area contributed by atoms with Gasteiger partial charge >= 0.3 is 0 Å². The quantitative estimate of drug-likeness (QED) is 0.515. The van der Waals surface area contributed by atoms with Gasteiger partial charge in [-0.15, -0.1) is 0 Å². The molecule has 3 nitrogen and oxygen atoms in total. The van der Waals surface area contributed by atoms with Crippen LogP contribution in [0.4, 0.5) is 0 Å². The Bertz CT molecular complexity index is 477. The zero-order chi connectivity index (χ0) is 12.8. The van der Waals surface area contributed by atoms with E-state index in [4.69, 9.17) is 9.47 Å². The Balaban J connectivity index is 0.00000133. The normalized spacial score (nSPS) is 28.1. The molecule has 0 N–H and O–H groups in total. The van der Waals surface area contributed by atoms with Crippen LogP contribution in [0.2, 0.25) is 0 Å². The summed E-state index contributed by atoms with van der Waals surface area (Å²) in [6.45, 7) is 2.58. The fraction of sp³-hybridized carbons (Fsp3) is 0.600. The Morgan fingerprint density at radius 3 is 2.47 bits per heavy atom. The molecule has 0 spiro atoms. The number of benzene rings is 1. The Morgan fingerprint density at radius 2 is 1.79 bits per heavy atom. The molecule has 1 fully saturated rings. The van der Waals surface area contributed by atoms with E-state index < -0.39 is 0 Å². The summed E-state index contributed by atoms with van der Waals surface area (Å²) in [5, 5.41) is 0.